The van der Waals surface area contributed by atoms with Crippen LogP contribution in [-0.4, -0.2) is 5.97 Å². The van der Waals surface area contributed by atoms with Crippen LogP contribution in [-0.2, 0) is 4.79 Å². The van der Waals surface area contributed by atoms with Gasteiger partial charge in [-0.25, -0.2) is 0 Å². The molecule has 2 aromatic rings. The number of carbonyl (C=O) groups excluding carboxylic acids is 1. The quantitative estimate of drug-likeness (QED) is 0.597. The Morgan fingerprint density at radius 3 is 2.00 bits per heavy atom. The van der Waals surface area contributed by atoms with Gasteiger partial charge in [-0.15, -0.1) is 0 Å². The molecule has 0 N–H and O–H groups in total. The fourth-order valence-corrected chi connectivity index (χ4v) is 2.04. The van der Waals surface area contributed by atoms with Gasteiger partial charge in [-0.05, 0) is 23.3 Å². The van der Waals surface area contributed by atoms with Crippen LogP contribution in [0.3, 0.4) is 0 Å². The predicted octanol–water partition coefficient (Wildman–Crippen LogP) is 4.56. The first-order valence-corrected chi connectivity index (χ1v) is 6.32. The predicted molar refractivity (Wildman–Crippen MR) is 83.4 cm³/mol. The maximum absolute atomic E-state index is 11.2. The number of esters is 1. The van der Waals surface area contributed by atoms with E-state index >= 15 is 0 Å². The molecule has 0 unspecified atom stereocenters. The molecule has 2 rings (SSSR count). The molecule has 0 radical (unpaired) electrons. The van der Waals surface area contributed by atoms with Crippen LogP contribution in [0, 0.1) is 0 Å². The van der Waals surface area contributed by atoms with Crippen LogP contribution in [0.4, 0.5) is 0 Å². The molecule has 0 bridgehead atoms. The van der Waals surface area contributed by atoms with Gasteiger partial charge in [-0.2, -0.15) is 0 Å². The molecule has 2 aromatic carbocycles. The van der Waals surface area contributed by atoms with Crippen LogP contribution < -0.4 is 4.74 Å². The zero-order chi connectivity index (χ0) is 14.5. The van der Waals surface area contributed by atoms with E-state index in [1.165, 1.54) is 6.92 Å². The van der Waals surface area contributed by atoms with Crippen LogP contribution in [0.15, 0.2) is 55.6 Å². The second-order valence-electron chi connectivity index (χ2n) is 4.35. The van der Waals surface area contributed by atoms with Gasteiger partial charge < -0.3 is 4.74 Å². The zero-order valence-electron chi connectivity index (χ0n) is 11.4. The molecular formula is C18H16O2. The van der Waals surface area contributed by atoms with Gasteiger partial charge in [-0.3, -0.25) is 4.79 Å². The fraction of sp³-hybridized carbons (Fsp3) is 0.0556. The highest BCUT2D eigenvalue weighted by atomic mass is 16.5. The van der Waals surface area contributed by atoms with Gasteiger partial charge in [0.25, 0.3) is 0 Å². The first-order valence-electron chi connectivity index (χ1n) is 6.32. The molecule has 0 aromatic heterocycles. The summed E-state index contributed by atoms with van der Waals surface area (Å²) in [5.41, 5.74) is 3.67. The van der Waals surface area contributed by atoms with E-state index in [0.717, 1.165) is 22.3 Å². The van der Waals surface area contributed by atoms with Crippen LogP contribution in [0.5, 0.6) is 5.75 Å². The van der Waals surface area contributed by atoms with Crippen molar-refractivity contribution < 1.29 is 9.53 Å². The summed E-state index contributed by atoms with van der Waals surface area (Å²) in [4.78, 5) is 11.2. The zero-order valence-corrected chi connectivity index (χ0v) is 11.4. The molecule has 0 fully saturated rings. The normalized spacial score (nSPS) is 9.85. The molecule has 100 valence electrons. The van der Waals surface area contributed by atoms with Crippen LogP contribution in [0.1, 0.15) is 18.1 Å². The highest BCUT2D eigenvalue weighted by molar-refractivity contribution is 5.80. The molecule has 0 aliphatic rings. The minimum Gasteiger partial charge on any atom is -0.425 e. The Morgan fingerprint density at radius 2 is 1.55 bits per heavy atom. The molecular weight excluding hydrogens is 248 g/mol. The highest BCUT2D eigenvalue weighted by Crippen LogP contribution is 2.32. The van der Waals surface area contributed by atoms with Gasteiger partial charge in [0.15, 0.2) is 0 Å². The van der Waals surface area contributed by atoms with Crippen molar-refractivity contribution in [2.45, 2.75) is 6.92 Å². The third-order valence-electron chi connectivity index (χ3n) is 2.94. The molecule has 2 nitrogen and oxygen atoms in total. The summed E-state index contributed by atoms with van der Waals surface area (Å²) in [6.45, 7) is 8.95. The number of carbonyl (C=O) groups is 1. The number of benzene rings is 2. The Morgan fingerprint density at radius 1 is 1.00 bits per heavy atom. The maximum Gasteiger partial charge on any atom is 0.308 e. The van der Waals surface area contributed by atoms with Gasteiger partial charge in [-0.1, -0.05) is 55.6 Å². The van der Waals surface area contributed by atoms with E-state index < -0.39 is 0 Å². The SMILES string of the molecule is C=Cc1cc(-c2ccccc2)cc(C=C)c1OC(C)=O. The van der Waals surface area contributed by atoms with Crippen LogP contribution in [0.25, 0.3) is 23.3 Å². The molecule has 0 aliphatic carbocycles. The Hall–Kier alpha value is -2.61. The largest absolute Gasteiger partial charge is 0.425 e. The maximum atomic E-state index is 11.2. The summed E-state index contributed by atoms with van der Waals surface area (Å²) < 4.78 is 5.27. The smallest absolute Gasteiger partial charge is 0.308 e. The Balaban J connectivity index is 2.61. The van der Waals surface area contributed by atoms with Crippen molar-refractivity contribution in [3.05, 3.63) is 66.7 Å². The lowest BCUT2D eigenvalue weighted by atomic mass is 9.98. The average Bonchev–Trinajstić information content (AvgIpc) is 2.47. The van der Waals surface area contributed by atoms with Gasteiger partial charge in [0.05, 0.1) is 0 Å². The van der Waals surface area contributed by atoms with E-state index in [9.17, 15) is 4.79 Å². The molecule has 0 aliphatic heterocycles. The fourth-order valence-electron chi connectivity index (χ4n) is 2.04. The lowest BCUT2D eigenvalue weighted by Gasteiger charge is -2.12. The second-order valence-corrected chi connectivity index (χ2v) is 4.35. The number of hydrogen-bond acceptors (Lipinski definition) is 2. The summed E-state index contributed by atoms with van der Waals surface area (Å²) >= 11 is 0. The van der Waals surface area contributed by atoms with Crippen molar-refractivity contribution in [3.63, 3.8) is 0 Å². The number of hydrogen-bond donors (Lipinski definition) is 0. The van der Waals surface area contributed by atoms with E-state index in [-0.39, 0.29) is 5.97 Å². The summed E-state index contributed by atoms with van der Waals surface area (Å²) in [5, 5.41) is 0. The topological polar surface area (TPSA) is 26.3 Å². The molecule has 0 atom stereocenters. The molecule has 0 heterocycles. The number of rotatable bonds is 4. The highest BCUT2D eigenvalue weighted by Gasteiger charge is 2.11. The van der Waals surface area contributed by atoms with Gasteiger partial charge in [0.1, 0.15) is 5.75 Å². The number of ether oxygens (including phenoxy) is 1. The van der Waals surface area contributed by atoms with Crippen molar-refractivity contribution in [1.29, 1.82) is 0 Å². The Bertz CT molecular complexity index is 625. The van der Waals surface area contributed by atoms with Crippen LogP contribution >= 0.6 is 0 Å². The summed E-state index contributed by atoms with van der Waals surface area (Å²) in [6, 6.07) is 13.9. The lowest BCUT2D eigenvalue weighted by molar-refractivity contribution is -0.131. The Labute approximate surface area is 119 Å². The monoisotopic (exact) mass is 264 g/mol. The van der Waals surface area contributed by atoms with Crippen molar-refractivity contribution >= 4 is 18.1 Å². The van der Waals surface area contributed by atoms with Gasteiger partial charge in [0, 0.05) is 18.1 Å². The summed E-state index contributed by atoms with van der Waals surface area (Å²) in [6.07, 6.45) is 3.36. The third-order valence-corrected chi connectivity index (χ3v) is 2.94. The van der Waals surface area contributed by atoms with E-state index in [2.05, 4.69) is 13.2 Å². The first-order chi connectivity index (χ1) is 9.65. The van der Waals surface area contributed by atoms with Crippen LogP contribution in [0.2, 0.25) is 0 Å². The standard InChI is InChI=1S/C18H16O2/c1-4-14-11-17(16-9-7-6-8-10-16)12-15(5-2)18(14)20-13(3)19/h4-12H,1-2H2,3H3. The van der Waals surface area contributed by atoms with E-state index in [0.29, 0.717) is 5.75 Å². The molecule has 0 saturated heterocycles. The molecule has 0 amide bonds. The average molecular weight is 264 g/mol. The lowest BCUT2D eigenvalue weighted by Crippen LogP contribution is -2.04. The molecule has 0 spiro atoms. The van der Waals surface area contributed by atoms with Crippen molar-refractivity contribution in [1.82, 2.24) is 0 Å². The molecule has 2 heteroatoms. The van der Waals surface area contributed by atoms with Gasteiger partial charge >= 0.3 is 5.97 Å². The summed E-state index contributed by atoms with van der Waals surface area (Å²) in [7, 11) is 0. The van der Waals surface area contributed by atoms with Crippen molar-refractivity contribution in [2.75, 3.05) is 0 Å². The Kier molecular flexibility index (Phi) is 4.16. The summed E-state index contributed by atoms with van der Waals surface area (Å²) in [5.74, 6) is 0.144. The van der Waals surface area contributed by atoms with Crippen molar-refractivity contribution in [3.8, 4) is 16.9 Å². The minimum absolute atomic E-state index is 0.358. The molecule has 0 saturated carbocycles. The van der Waals surface area contributed by atoms with E-state index in [1.54, 1.807) is 12.2 Å². The molecule has 20 heavy (non-hydrogen) atoms. The first kappa shape index (κ1) is 13.8. The van der Waals surface area contributed by atoms with Crippen molar-refractivity contribution in [2.24, 2.45) is 0 Å². The third kappa shape index (κ3) is 2.86. The van der Waals surface area contributed by atoms with Gasteiger partial charge in [0.2, 0.25) is 0 Å². The minimum atomic E-state index is -0.358. The van der Waals surface area contributed by atoms with E-state index in [4.69, 9.17) is 4.74 Å². The van der Waals surface area contributed by atoms with E-state index in [1.807, 2.05) is 42.5 Å². The second kappa shape index (κ2) is 6.02.